The van der Waals surface area contributed by atoms with Crippen molar-refractivity contribution in [2.45, 2.75) is 12.7 Å². The summed E-state index contributed by atoms with van der Waals surface area (Å²) in [5.41, 5.74) is 5.45. The van der Waals surface area contributed by atoms with E-state index in [4.69, 9.17) is 10.5 Å². The molecule has 0 saturated carbocycles. The maximum absolute atomic E-state index is 12.4. The fourth-order valence-electron chi connectivity index (χ4n) is 1.74. The minimum absolute atomic E-state index is 0.203. The van der Waals surface area contributed by atoms with Crippen LogP contribution in [-0.4, -0.2) is 28.2 Å². The van der Waals surface area contributed by atoms with Crippen molar-refractivity contribution in [3.05, 3.63) is 36.7 Å². The van der Waals surface area contributed by atoms with Gasteiger partial charge in [0, 0.05) is 18.0 Å². The van der Waals surface area contributed by atoms with Crippen molar-refractivity contribution in [2.24, 2.45) is 5.73 Å². The number of imidazole rings is 1. The molecule has 112 valence electrons. The lowest BCUT2D eigenvalue weighted by molar-refractivity contribution is -0.140. The highest BCUT2D eigenvalue weighted by molar-refractivity contribution is 5.75. The average Bonchev–Trinajstić information content (AvgIpc) is 2.83. The number of hydrogen-bond acceptors (Lipinski definition) is 3. The molecule has 0 aliphatic carbocycles. The molecule has 0 radical (unpaired) electrons. The van der Waals surface area contributed by atoms with Gasteiger partial charge >= 0.3 is 6.18 Å². The van der Waals surface area contributed by atoms with Crippen LogP contribution in [0.1, 0.15) is 0 Å². The fraction of sp³-hybridized carbons (Fsp3) is 0.231. The molecule has 0 fully saturated rings. The van der Waals surface area contributed by atoms with E-state index >= 15 is 0 Å². The summed E-state index contributed by atoms with van der Waals surface area (Å²) in [6.45, 7) is -1.37. The second kappa shape index (κ2) is 5.86. The van der Waals surface area contributed by atoms with Gasteiger partial charge in [-0.2, -0.15) is 13.2 Å². The zero-order valence-electron chi connectivity index (χ0n) is 10.8. The lowest BCUT2D eigenvalue weighted by Crippen LogP contribution is -2.20. The predicted octanol–water partition coefficient (Wildman–Crippen LogP) is 1.98. The van der Waals surface area contributed by atoms with Gasteiger partial charge in [0.05, 0.1) is 0 Å². The van der Waals surface area contributed by atoms with Gasteiger partial charge in [0.15, 0.2) is 6.61 Å². The lowest BCUT2D eigenvalue weighted by atomic mass is 10.2. The normalized spacial score (nSPS) is 11.4. The first-order chi connectivity index (χ1) is 9.85. The lowest BCUT2D eigenvalue weighted by Gasteiger charge is -2.11. The van der Waals surface area contributed by atoms with Crippen LogP contribution < -0.4 is 10.5 Å². The number of nitrogens with two attached hydrogens (primary N) is 1. The van der Waals surface area contributed by atoms with Crippen molar-refractivity contribution in [3.63, 3.8) is 0 Å². The van der Waals surface area contributed by atoms with E-state index in [0.29, 0.717) is 11.3 Å². The van der Waals surface area contributed by atoms with Crippen molar-refractivity contribution in [2.75, 3.05) is 6.61 Å². The van der Waals surface area contributed by atoms with Crippen molar-refractivity contribution in [1.29, 1.82) is 0 Å². The molecule has 2 rings (SSSR count). The Hall–Kier alpha value is -2.51. The van der Waals surface area contributed by atoms with Crippen LogP contribution in [0.15, 0.2) is 36.7 Å². The van der Waals surface area contributed by atoms with Crippen LogP contribution in [0.4, 0.5) is 13.2 Å². The van der Waals surface area contributed by atoms with Gasteiger partial charge in [-0.25, -0.2) is 4.98 Å². The third-order valence-electron chi connectivity index (χ3n) is 2.56. The molecule has 0 atom stereocenters. The number of halogens is 3. The molecule has 8 heteroatoms. The van der Waals surface area contributed by atoms with Crippen LogP contribution in [0.2, 0.25) is 0 Å². The third-order valence-corrected chi connectivity index (χ3v) is 2.56. The molecule has 1 heterocycles. The summed E-state index contributed by atoms with van der Waals surface area (Å²) in [5, 5.41) is 0. The Balaban J connectivity index is 2.16. The Morgan fingerprint density at radius 2 is 1.95 bits per heavy atom. The molecule has 5 nitrogen and oxygen atoms in total. The number of rotatable bonds is 5. The smallest absolute Gasteiger partial charge is 0.406 e. The molecule has 21 heavy (non-hydrogen) atoms. The second-order valence-electron chi connectivity index (χ2n) is 4.27. The van der Waals surface area contributed by atoms with Crippen molar-refractivity contribution in [1.82, 2.24) is 9.55 Å². The highest BCUT2D eigenvalue weighted by atomic mass is 19.4. The maximum Gasteiger partial charge on any atom is 0.406 e. The third kappa shape index (κ3) is 4.23. The van der Waals surface area contributed by atoms with Gasteiger partial charge in [0.1, 0.15) is 18.1 Å². The standard InChI is InChI=1S/C13H12F3N3O2/c14-13(15,16)8-19-6-5-18-12(19)9-1-3-10(4-2-9)21-7-11(17)20/h1-6H,7-8H2,(H2,17,20). The van der Waals surface area contributed by atoms with Gasteiger partial charge < -0.3 is 15.0 Å². The molecule has 0 aliphatic rings. The SMILES string of the molecule is NC(=O)COc1ccc(-c2nccn2CC(F)(F)F)cc1. The number of carbonyl (C=O) groups is 1. The van der Waals surface area contributed by atoms with Crippen LogP contribution in [-0.2, 0) is 11.3 Å². The summed E-state index contributed by atoms with van der Waals surface area (Å²) >= 11 is 0. The van der Waals surface area contributed by atoms with Crippen LogP contribution in [0.25, 0.3) is 11.4 Å². The number of hydrogen-bond donors (Lipinski definition) is 1. The molecule has 0 unspecified atom stereocenters. The zero-order chi connectivity index (χ0) is 15.5. The molecule has 0 spiro atoms. The minimum atomic E-state index is -4.32. The largest absolute Gasteiger partial charge is 0.484 e. The first-order valence-electron chi connectivity index (χ1n) is 5.94. The highest BCUT2D eigenvalue weighted by Crippen LogP contribution is 2.24. The van der Waals surface area contributed by atoms with Gasteiger partial charge in [-0.1, -0.05) is 0 Å². The highest BCUT2D eigenvalue weighted by Gasteiger charge is 2.29. The van der Waals surface area contributed by atoms with Crippen molar-refractivity contribution < 1.29 is 22.7 Å². The zero-order valence-corrected chi connectivity index (χ0v) is 10.8. The molecule has 1 amide bonds. The summed E-state index contributed by atoms with van der Waals surface area (Å²) in [4.78, 5) is 14.5. The molecule has 1 aromatic heterocycles. The predicted molar refractivity (Wildman–Crippen MR) is 68.4 cm³/mol. The van der Waals surface area contributed by atoms with Crippen LogP contribution in [0.3, 0.4) is 0 Å². The van der Waals surface area contributed by atoms with E-state index in [2.05, 4.69) is 4.98 Å². The summed E-state index contributed by atoms with van der Waals surface area (Å²) in [7, 11) is 0. The number of benzene rings is 1. The number of aromatic nitrogens is 2. The van der Waals surface area contributed by atoms with Crippen LogP contribution in [0, 0.1) is 0 Å². The van der Waals surface area contributed by atoms with Crippen molar-refractivity contribution >= 4 is 5.91 Å². The van der Waals surface area contributed by atoms with Gasteiger partial charge in [0.25, 0.3) is 5.91 Å². The van der Waals surface area contributed by atoms with E-state index in [1.54, 1.807) is 12.1 Å². The monoisotopic (exact) mass is 299 g/mol. The topological polar surface area (TPSA) is 70.1 Å². The first-order valence-corrected chi connectivity index (χ1v) is 5.94. The number of primary amides is 1. The Kier molecular flexibility index (Phi) is 4.15. The van der Waals surface area contributed by atoms with E-state index in [1.807, 2.05) is 0 Å². The van der Waals surface area contributed by atoms with E-state index in [1.165, 1.54) is 24.5 Å². The van der Waals surface area contributed by atoms with E-state index in [-0.39, 0.29) is 12.4 Å². The Bertz CT molecular complexity index is 620. The number of amides is 1. The molecule has 0 aliphatic heterocycles. The Morgan fingerprint density at radius 3 is 2.52 bits per heavy atom. The van der Waals surface area contributed by atoms with Gasteiger partial charge in [-0.3, -0.25) is 4.79 Å². The summed E-state index contributed by atoms with van der Waals surface area (Å²) < 4.78 is 43.4. The summed E-state index contributed by atoms with van der Waals surface area (Å²) in [6.07, 6.45) is -1.75. The molecule has 2 aromatic rings. The molecule has 0 saturated heterocycles. The second-order valence-corrected chi connectivity index (χ2v) is 4.27. The molecule has 2 N–H and O–H groups in total. The van der Waals surface area contributed by atoms with Crippen LogP contribution in [0.5, 0.6) is 5.75 Å². The Morgan fingerprint density at radius 1 is 1.29 bits per heavy atom. The molecule has 1 aromatic carbocycles. The summed E-state index contributed by atoms with van der Waals surface area (Å²) in [5.74, 6) is -0.0138. The Labute approximate surface area is 118 Å². The number of carbonyl (C=O) groups excluding carboxylic acids is 1. The summed E-state index contributed by atoms with van der Waals surface area (Å²) in [6, 6.07) is 6.19. The van der Waals surface area contributed by atoms with Gasteiger partial charge in [-0.15, -0.1) is 0 Å². The van der Waals surface area contributed by atoms with E-state index in [0.717, 1.165) is 4.57 Å². The number of ether oxygens (including phenoxy) is 1. The number of nitrogens with zero attached hydrogens (tertiary/aromatic N) is 2. The van der Waals surface area contributed by atoms with Gasteiger partial charge in [0.2, 0.25) is 0 Å². The van der Waals surface area contributed by atoms with E-state index in [9.17, 15) is 18.0 Å². The van der Waals surface area contributed by atoms with E-state index < -0.39 is 18.6 Å². The number of alkyl halides is 3. The van der Waals surface area contributed by atoms with Gasteiger partial charge in [-0.05, 0) is 24.3 Å². The molecular formula is C13H12F3N3O2. The molecular weight excluding hydrogens is 287 g/mol. The first kappa shape index (κ1) is 14.9. The fourth-order valence-corrected chi connectivity index (χ4v) is 1.74. The van der Waals surface area contributed by atoms with Crippen LogP contribution >= 0.6 is 0 Å². The van der Waals surface area contributed by atoms with Crippen molar-refractivity contribution in [3.8, 4) is 17.1 Å². The molecule has 0 bridgehead atoms. The minimum Gasteiger partial charge on any atom is -0.484 e. The maximum atomic E-state index is 12.4. The quantitative estimate of drug-likeness (QED) is 0.917. The average molecular weight is 299 g/mol.